The molecule has 4 rings (SSSR count). The van der Waals surface area contributed by atoms with Crippen molar-refractivity contribution in [3.05, 3.63) is 29.8 Å². The highest BCUT2D eigenvalue weighted by Gasteiger charge is 2.39. The van der Waals surface area contributed by atoms with Crippen LogP contribution in [0.15, 0.2) is 24.3 Å². The lowest BCUT2D eigenvalue weighted by Gasteiger charge is -2.28. The van der Waals surface area contributed by atoms with Crippen LogP contribution in [0, 0.1) is 5.92 Å². The molecule has 1 aromatic rings. The summed E-state index contributed by atoms with van der Waals surface area (Å²) < 4.78 is 15.8. The summed E-state index contributed by atoms with van der Waals surface area (Å²) in [6.07, 6.45) is 5.85. The van der Waals surface area contributed by atoms with Gasteiger partial charge in [0.2, 0.25) is 17.7 Å². The molecule has 1 saturated carbocycles. The summed E-state index contributed by atoms with van der Waals surface area (Å²) in [6, 6.07) is 4.79. The van der Waals surface area contributed by atoms with Crippen molar-refractivity contribution >= 4 is 23.5 Å². The van der Waals surface area contributed by atoms with Crippen LogP contribution < -0.4 is 20.7 Å². The molecule has 11 heteroatoms. The standard InChI is InChI=1S/C30H44N4O7/c1-20(31-27(35)18-34-12-14-40-15-13-34)29(37)33-25(17-22-8-10-23(39-2)11-9-22)30(38)32-24(28(36)26-19-41-26)16-21-6-4-3-5-7-21/h8-11,20-21,24-26H,3-7,12-19H2,1-2H3,(H,31,35)(H,32,38)(H,33,37)/t20-,24-,25-,26+/m0/s1. The van der Waals surface area contributed by atoms with Gasteiger partial charge in [-0.25, -0.2) is 0 Å². The van der Waals surface area contributed by atoms with Crippen molar-refractivity contribution in [3.8, 4) is 5.75 Å². The van der Waals surface area contributed by atoms with E-state index < -0.39 is 36.0 Å². The quantitative estimate of drug-likeness (QED) is 0.281. The summed E-state index contributed by atoms with van der Waals surface area (Å²) in [5, 5.41) is 8.51. The number of morpholine rings is 1. The minimum absolute atomic E-state index is 0.109. The van der Waals surface area contributed by atoms with Crippen molar-refractivity contribution in [1.82, 2.24) is 20.9 Å². The highest BCUT2D eigenvalue weighted by atomic mass is 16.6. The molecule has 3 amide bonds. The third kappa shape index (κ3) is 9.79. The van der Waals surface area contributed by atoms with Gasteiger partial charge in [-0.15, -0.1) is 0 Å². The van der Waals surface area contributed by atoms with Crippen LogP contribution in [-0.4, -0.2) is 99.2 Å². The number of epoxide rings is 1. The number of nitrogens with one attached hydrogen (secondary N) is 3. The predicted molar refractivity (Wildman–Crippen MR) is 151 cm³/mol. The predicted octanol–water partition coefficient (Wildman–Crippen LogP) is 0.983. The lowest BCUT2D eigenvalue weighted by molar-refractivity contribution is -0.133. The molecule has 2 saturated heterocycles. The van der Waals surface area contributed by atoms with E-state index in [-0.39, 0.29) is 24.7 Å². The van der Waals surface area contributed by atoms with Crippen LogP contribution in [0.1, 0.15) is 51.0 Å². The van der Waals surface area contributed by atoms with Crippen LogP contribution in [0.3, 0.4) is 0 Å². The number of Topliss-reactive ketones (excluding diaryl/α,β-unsaturated/α-hetero) is 1. The number of rotatable bonds is 14. The van der Waals surface area contributed by atoms with Gasteiger partial charge in [0.05, 0.1) is 39.5 Å². The van der Waals surface area contributed by atoms with Crippen molar-refractivity contribution in [2.75, 3.05) is 46.6 Å². The molecule has 1 aliphatic carbocycles. The number of benzene rings is 1. The fraction of sp³-hybridized carbons (Fsp3) is 0.667. The van der Waals surface area contributed by atoms with Crippen molar-refractivity contribution in [2.24, 2.45) is 5.92 Å². The number of carbonyl (C=O) groups is 4. The monoisotopic (exact) mass is 572 g/mol. The van der Waals surface area contributed by atoms with Crippen molar-refractivity contribution in [2.45, 2.75) is 76.1 Å². The van der Waals surface area contributed by atoms with Gasteiger partial charge in [0.1, 0.15) is 23.9 Å². The van der Waals surface area contributed by atoms with E-state index >= 15 is 0 Å². The fourth-order valence-electron chi connectivity index (χ4n) is 5.53. The first kappa shape index (κ1) is 30.9. The molecule has 4 atom stereocenters. The number of hydrogen-bond donors (Lipinski definition) is 3. The lowest BCUT2D eigenvalue weighted by Crippen LogP contribution is -2.57. The van der Waals surface area contributed by atoms with Gasteiger partial charge in [0.15, 0.2) is 5.78 Å². The van der Waals surface area contributed by atoms with Gasteiger partial charge in [-0.1, -0.05) is 44.2 Å². The number of carbonyl (C=O) groups excluding carboxylic acids is 4. The first-order chi connectivity index (χ1) is 19.8. The number of amides is 3. The minimum atomic E-state index is -0.948. The van der Waals surface area contributed by atoms with E-state index in [9.17, 15) is 19.2 Å². The Labute approximate surface area is 242 Å². The molecule has 2 heterocycles. The summed E-state index contributed by atoms with van der Waals surface area (Å²) in [5.74, 6) is -0.244. The van der Waals surface area contributed by atoms with E-state index in [4.69, 9.17) is 14.2 Å². The Hall–Kier alpha value is -3.02. The summed E-state index contributed by atoms with van der Waals surface area (Å²) in [6.45, 7) is 4.60. The van der Waals surface area contributed by atoms with Crippen molar-refractivity contribution in [1.29, 1.82) is 0 Å². The lowest BCUT2D eigenvalue weighted by atomic mass is 9.83. The maximum Gasteiger partial charge on any atom is 0.243 e. The molecule has 0 spiro atoms. The van der Waals surface area contributed by atoms with Crippen LogP contribution in [0.2, 0.25) is 0 Å². The molecule has 0 radical (unpaired) electrons. The molecule has 3 fully saturated rings. The maximum atomic E-state index is 13.7. The Balaban J connectivity index is 1.41. The van der Waals surface area contributed by atoms with Gasteiger partial charge >= 0.3 is 0 Å². The second-order valence-corrected chi connectivity index (χ2v) is 11.3. The van der Waals surface area contributed by atoms with Crippen molar-refractivity contribution < 1.29 is 33.4 Å². The molecule has 2 aliphatic heterocycles. The molecule has 0 unspecified atom stereocenters. The zero-order valence-electron chi connectivity index (χ0n) is 24.2. The molecule has 0 bridgehead atoms. The molecule has 226 valence electrons. The number of nitrogens with zero attached hydrogens (tertiary/aromatic N) is 1. The first-order valence-corrected chi connectivity index (χ1v) is 14.8. The average Bonchev–Trinajstić information content (AvgIpc) is 3.83. The van der Waals surface area contributed by atoms with Crippen LogP contribution >= 0.6 is 0 Å². The maximum absolute atomic E-state index is 13.7. The summed E-state index contributed by atoms with van der Waals surface area (Å²) in [7, 11) is 1.58. The highest BCUT2D eigenvalue weighted by molar-refractivity contribution is 5.96. The van der Waals surface area contributed by atoms with Gasteiger partial charge in [-0.2, -0.15) is 0 Å². The van der Waals surface area contributed by atoms with E-state index in [0.29, 0.717) is 51.0 Å². The Kier molecular flexibility index (Phi) is 11.5. The number of ketones is 1. The molecule has 3 N–H and O–H groups in total. The van der Waals surface area contributed by atoms with Gasteiger partial charge in [-0.3, -0.25) is 24.1 Å². The van der Waals surface area contributed by atoms with E-state index in [1.165, 1.54) is 6.42 Å². The van der Waals surface area contributed by atoms with Crippen LogP contribution in [0.25, 0.3) is 0 Å². The van der Waals surface area contributed by atoms with Gasteiger partial charge in [0.25, 0.3) is 0 Å². The molecule has 11 nitrogen and oxygen atoms in total. The second-order valence-electron chi connectivity index (χ2n) is 11.3. The topological polar surface area (TPSA) is 139 Å². The largest absolute Gasteiger partial charge is 0.497 e. The van der Waals surface area contributed by atoms with Gasteiger partial charge in [-0.05, 0) is 37.0 Å². The van der Waals surface area contributed by atoms with Gasteiger partial charge in [0, 0.05) is 19.5 Å². The minimum Gasteiger partial charge on any atom is -0.497 e. The molecule has 1 aromatic carbocycles. The normalized spacial score (nSPS) is 21.7. The van der Waals surface area contributed by atoms with Crippen molar-refractivity contribution in [3.63, 3.8) is 0 Å². The Morgan fingerprint density at radius 1 is 0.951 bits per heavy atom. The fourth-order valence-corrected chi connectivity index (χ4v) is 5.53. The molecular weight excluding hydrogens is 528 g/mol. The molecule has 3 aliphatic rings. The zero-order chi connectivity index (χ0) is 29.2. The molecule has 41 heavy (non-hydrogen) atoms. The summed E-state index contributed by atoms with van der Waals surface area (Å²) in [4.78, 5) is 54.5. The summed E-state index contributed by atoms with van der Waals surface area (Å²) in [5.41, 5.74) is 0.816. The molecule has 0 aromatic heterocycles. The number of ether oxygens (including phenoxy) is 3. The summed E-state index contributed by atoms with van der Waals surface area (Å²) >= 11 is 0. The van der Waals surface area contributed by atoms with Crippen LogP contribution in [0.5, 0.6) is 5.75 Å². The Morgan fingerprint density at radius 3 is 2.24 bits per heavy atom. The van der Waals surface area contributed by atoms with E-state index in [2.05, 4.69) is 16.0 Å². The average molecular weight is 573 g/mol. The number of methoxy groups -OCH3 is 1. The highest BCUT2D eigenvalue weighted by Crippen LogP contribution is 2.29. The Morgan fingerprint density at radius 2 is 1.61 bits per heavy atom. The third-order valence-corrected chi connectivity index (χ3v) is 8.08. The number of hydrogen-bond acceptors (Lipinski definition) is 8. The first-order valence-electron chi connectivity index (χ1n) is 14.8. The Bertz CT molecular complexity index is 1030. The zero-order valence-corrected chi connectivity index (χ0v) is 24.2. The second kappa shape index (κ2) is 15.3. The van der Waals surface area contributed by atoms with E-state index in [1.54, 1.807) is 26.2 Å². The molecular formula is C30H44N4O7. The van der Waals surface area contributed by atoms with Crippen LogP contribution in [0.4, 0.5) is 0 Å². The smallest absolute Gasteiger partial charge is 0.243 e. The van der Waals surface area contributed by atoms with E-state index in [1.807, 2.05) is 17.0 Å². The van der Waals surface area contributed by atoms with Gasteiger partial charge < -0.3 is 30.2 Å². The van der Waals surface area contributed by atoms with Crippen LogP contribution in [-0.2, 0) is 35.1 Å². The third-order valence-electron chi connectivity index (χ3n) is 8.08. The SMILES string of the molecule is COc1ccc(C[C@H](NC(=O)[C@H](C)NC(=O)CN2CCOCC2)C(=O)N[C@@H](CC2CCCCC2)C(=O)[C@H]2CO2)cc1. The van der Waals surface area contributed by atoms with E-state index in [0.717, 1.165) is 31.2 Å².